The van der Waals surface area contributed by atoms with Crippen molar-refractivity contribution >= 4 is 12.2 Å². The number of ether oxygens (including phenoxy) is 2. The van der Waals surface area contributed by atoms with Crippen LogP contribution in [-0.4, -0.2) is 46.2 Å². The molecule has 178 valence electrons. The number of carbonyl (C=O) groups is 1. The Labute approximate surface area is 198 Å². The summed E-state index contributed by atoms with van der Waals surface area (Å²) >= 11 is 0. The van der Waals surface area contributed by atoms with Crippen molar-refractivity contribution in [3.8, 4) is 0 Å². The van der Waals surface area contributed by atoms with Gasteiger partial charge in [0.1, 0.15) is 11.3 Å². The Morgan fingerprint density at radius 3 is 2.30 bits per heavy atom. The van der Waals surface area contributed by atoms with Crippen LogP contribution in [0.2, 0.25) is 0 Å². The van der Waals surface area contributed by atoms with Crippen LogP contribution >= 0.6 is 0 Å². The van der Waals surface area contributed by atoms with E-state index >= 15 is 0 Å². The first-order chi connectivity index (χ1) is 15.6. The Bertz CT molecular complexity index is 918. The summed E-state index contributed by atoms with van der Waals surface area (Å²) in [5, 5.41) is 10.1. The van der Waals surface area contributed by atoms with E-state index in [0.29, 0.717) is 12.8 Å². The molecule has 2 aromatic carbocycles. The third-order valence-electron chi connectivity index (χ3n) is 5.79. The molecule has 1 unspecified atom stereocenters. The Balaban J connectivity index is 1.85. The molecule has 1 aliphatic heterocycles. The summed E-state index contributed by atoms with van der Waals surface area (Å²) in [6, 6.07) is 19.9. The fraction of sp³-hybridized carbons (Fsp3) is 0.464. The third-order valence-corrected chi connectivity index (χ3v) is 5.79. The molecule has 5 nitrogen and oxygen atoms in total. The predicted octanol–water partition coefficient (Wildman–Crippen LogP) is 5.68. The van der Waals surface area contributed by atoms with Crippen molar-refractivity contribution < 1.29 is 19.4 Å². The van der Waals surface area contributed by atoms with Crippen LogP contribution in [0.5, 0.6) is 0 Å². The summed E-state index contributed by atoms with van der Waals surface area (Å²) in [4.78, 5) is 15.0. The van der Waals surface area contributed by atoms with Crippen molar-refractivity contribution in [2.45, 2.75) is 70.9 Å². The lowest BCUT2D eigenvalue weighted by Crippen LogP contribution is -2.51. The van der Waals surface area contributed by atoms with E-state index in [9.17, 15) is 9.90 Å². The fourth-order valence-corrected chi connectivity index (χ4v) is 4.34. The van der Waals surface area contributed by atoms with E-state index in [4.69, 9.17) is 9.47 Å². The van der Waals surface area contributed by atoms with Crippen LogP contribution in [0.15, 0.2) is 66.7 Å². The van der Waals surface area contributed by atoms with Gasteiger partial charge in [-0.25, -0.2) is 4.79 Å². The van der Waals surface area contributed by atoms with E-state index < -0.39 is 11.3 Å². The number of hydrogen-bond acceptors (Lipinski definition) is 4. The number of amides is 1. The predicted molar refractivity (Wildman–Crippen MR) is 132 cm³/mol. The molecule has 1 amide bonds. The quantitative estimate of drug-likeness (QED) is 0.588. The minimum Gasteiger partial charge on any atom is -0.444 e. The van der Waals surface area contributed by atoms with E-state index in [-0.39, 0.29) is 30.8 Å². The summed E-state index contributed by atoms with van der Waals surface area (Å²) in [6.45, 7) is 9.43. The fourth-order valence-electron chi connectivity index (χ4n) is 4.34. The number of aliphatic hydroxyl groups excluding tert-OH is 1. The summed E-state index contributed by atoms with van der Waals surface area (Å²) in [6.07, 6.45) is 4.68. The maximum atomic E-state index is 13.2. The Morgan fingerprint density at radius 1 is 1.12 bits per heavy atom. The molecule has 0 aliphatic carbocycles. The molecule has 1 heterocycles. The molecule has 0 saturated carbocycles. The molecular weight excluding hydrogens is 414 g/mol. The topological polar surface area (TPSA) is 59.0 Å². The molecule has 0 radical (unpaired) electrons. The zero-order valence-corrected chi connectivity index (χ0v) is 20.4. The molecule has 1 aliphatic rings. The van der Waals surface area contributed by atoms with Gasteiger partial charge >= 0.3 is 6.09 Å². The Kier molecular flexibility index (Phi) is 7.98. The van der Waals surface area contributed by atoms with Gasteiger partial charge in [0, 0.05) is 12.5 Å². The van der Waals surface area contributed by atoms with Gasteiger partial charge in [0.2, 0.25) is 0 Å². The lowest BCUT2D eigenvalue weighted by molar-refractivity contribution is -0.0819. The van der Waals surface area contributed by atoms with Gasteiger partial charge in [-0.3, -0.25) is 4.90 Å². The highest BCUT2D eigenvalue weighted by atomic mass is 16.6. The number of hydrogen-bond donors (Lipinski definition) is 1. The Hall–Kier alpha value is -2.63. The monoisotopic (exact) mass is 451 g/mol. The molecular formula is C28H37NO4. The molecule has 3 atom stereocenters. The van der Waals surface area contributed by atoms with Crippen LogP contribution in [-0.2, 0) is 15.9 Å². The number of nitrogens with zero attached hydrogens (tertiary/aromatic N) is 1. The van der Waals surface area contributed by atoms with Gasteiger partial charge in [-0.15, -0.1) is 0 Å². The van der Waals surface area contributed by atoms with E-state index in [0.717, 1.165) is 11.1 Å². The molecule has 3 rings (SSSR count). The van der Waals surface area contributed by atoms with Gasteiger partial charge in [-0.1, -0.05) is 72.8 Å². The molecule has 1 saturated heterocycles. The SMILES string of the molecule is CC(C)(C)OC(=O)N1[C@@H](Cc2ccccc2)[C@@H](CC(/C=C/c2ccccc2)CO)OC1(C)C. The van der Waals surface area contributed by atoms with E-state index in [1.807, 2.05) is 95.3 Å². The molecule has 5 heteroatoms. The summed E-state index contributed by atoms with van der Waals surface area (Å²) in [7, 11) is 0. The largest absolute Gasteiger partial charge is 0.444 e. The van der Waals surface area contributed by atoms with Crippen LogP contribution < -0.4 is 0 Å². The van der Waals surface area contributed by atoms with Gasteiger partial charge < -0.3 is 14.6 Å². The maximum absolute atomic E-state index is 13.2. The first kappa shape index (κ1) is 25.0. The minimum atomic E-state index is -0.824. The summed E-state index contributed by atoms with van der Waals surface area (Å²) < 4.78 is 12.2. The third kappa shape index (κ3) is 6.92. The molecule has 0 bridgehead atoms. The minimum absolute atomic E-state index is 0.00805. The van der Waals surface area contributed by atoms with Crippen LogP contribution in [0.1, 0.15) is 52.2 Å². The van der Waals surface area contributed by atoms with Crippen LogP contribution in [0, 0.1) is 5.92 Å². The molecule has 2 aromatic rings. The second-order valence-electron chi connectivity index (χ2n) is 10.2. The Morgan fingerprint density at radius 2 is 1.73 bits per heavy atom. The average molecular weight is 452 g/mol. The van der Waals surface area contributed by atoms with Crippen molar-refractivity contribution in [3.63, 3.8) is 0 Å². The van der Waals surface area contributed by atoms with Gasteiger partial charge in [0.25, 0.3) is 0 Å². The lowest BCUT2D eigenvalue weighted by Gasteiger charge is -2.35. The molecule has 1 fully saturated rings. The highest BCUT2D eigenvalue weighted by molar-refractivity contribution is 5.70. The molecule has 0 aromatic heterocycles. The highest BCUT2D eigenvalue weighted by Crippen LogP contribution is 2.38. The molecule has 1 N–H and O–H groups in total. The van der Waals surface area contributed by atoms with E-state index in [1.165, 1.54) is 0 Å². The number of aliphatic hydroxyl groups is 1. The first-order valence-electron chi connectivity index (χ1n) is 11.7. The number of benzene rings is 2. The summed E-state index contributed by atoms with van der Waals surface area (Å²) in [5.41, 5.74) is 0.784. The van der Waals surface area contributed by atoms with Gasteiger partial charge in [0.15, 0.2) is 0 Å². The zero-order valence-electron chi connectivity index (χ0n) is 20.4. The molecule has 33 heavy (non-hydrogen) atoms. The van der Waals surface area contributed by atoms with Gasteiger partial charge in [-0.05, 0) is 58.6 Å². The van der Waals surface area contributed by atoms with Crippen molar-refractivity contribution in [2.75, 3.05) is 6.61 Å². The van der Waals surface area contributed by atoms with Crippen molar-refractivity contribution in [1.82, 2.24) is 4.90 Å². The van der Waals surface area contributed by atoms with Crippen molar-refractivity contribution in [3.05, 3.63) is 77.9 Å². The number of rotatable bonds is 7. The van der Waals surface area contributed by atoms with Gasteiger partial charge in [-0.2, -0.15) is 0 Å². The van der Waals surface area contributed by atoms with E-state index in [1.54, 1.807) is 4.90 Å². The van der Waals surface area contributed by atoms with Crippen LogP contribution in [0.25, 0.3) is 6.08 Å². The highest BCUT2D eigenvalue weighted by Gasteiger charge is 2.51. The zero-order chi connectivity index (χ0) is 24.1. The second-order valence-corrected chi connectivity index (χ2v) is 10.2. The van der Waals surface area contributed by atoms with Crippen LogP contribution in [0.4, 0.5) is 4.79 Å². The number of carbonyl (C=O) groups excluding carboxylic acids is 1. The average Bonchev–Trinajstić information content (AvgIpc) is 3.00. The summed E-state index contributed by atoms with van der Waals surface area (Å²) in [5.74, 6) is -0.0946. The van der Waals surface area contributed by atoms with E-state index in [2.05, 4.69) is 12.1 Å². The van der Waals surface area contributed by atoms with Crippen LogP contribution in [0.3, 0.4) is 0 Å². The first-order valence-corrected chi connectivity index (χ1v) is 11.7. The molecule has 0 spiro atoms. The van der Waals surface area contributed by atoms with Crippen molar-refractivity contribution in [1.29, 1.82) is 0 Å². The smallest absolute Gasteiger partial charge is 0.412 e. The van der Waals surface area contributed by atoms with Gasteiger partial charge in [0.05, 0.1) is 12.1 Å². The standard InChI is InChI=1S/C28H37NO4/c1-27(2,3)33-26(31)29-24(18-22-14-10-7-11-15-22)25(32-28(29,4)5)19-23(20-30)17-16-21-12-8-6-9-13-21/h6-17,23-25,30H,18-20H2,1-5H3/b17-16+/t23?,24-,25+/m0/s1. The lowest BCUT2D eigenvalue weighted by atomic mass is 9.92. The van der Waals surface area contributed by atoms with Crippen molar-refractivity contribution in [2.24, 2.45) is 5.92 Å². The normalized spacial score (nSPS) is 21.3. The second kappa shape index (κ2) is 10.5. The maximum Gasteiger partial charge on any atom is 0.412 e.